The molecule has 5 nitrogen and oxygen atoms in total. The fourth-order valence-corrected chi connectivity index (χ4v) is 2.13. The Balaban J connectivity index is 2.16. The molecule has 0 fully saturated rings. The third kappa shape index (κ3) is 2.09. The number of hydrogen-bond acceptors (Lipinski definition) is 4. The molecule has 2 aromatic heterocycles. The van der Waals surface area contributed by atoms with Crippen molar-refractivity contribution in [1.82, 2.24) is 15.2 Å². The lowest BCUT2D eigenvalue weighted by molar-refractivity contribution is 0.398. The van der Waals surface area contributed by atoms with Crippen molar-refractivity contribution in [2.24, 2.45) is 0 Å². The third-order valence-electron chi connectivity index (χ3n) is 3.07. The predicted molar refractivity (Wildman–Crippen MR) is 78.2 cm³/mol. The second-order valence-corrected chi connectivity index (χ2v) is 4.31. The fourth-order valence-electron chi connectivity index (χ4n) is 2.13. The lowest BCUT2D eigenvalue weighted by atomic mass is 10.0. The topological polar surface area (TPSA) is 76.8 Å². The summed E-state index contributed by atoms with van der Waals surface area (Å²) in [6, 6.07) is 13.6. The van der Waals surface area contributed by atoms with Gasteiger partial charge < -0.3 is 10.5 Å². The van der Waals surface area contributed by atoms with Crippen LogP contribution >= 0.6 is 0 Å². The van der Waals surface area contributed by atoms with E-state index in [0.29, 0.717) is 11.7 Å². The number of benzene rings is 1. The number of H-pyrrole nitrogens is 1. The highest BCUT2D eigenvalue weighted by molar-refractivity contribution is 5.87. The minimum absolute atomic E-state index is 0.543. The molecule has 3 N–H and O–H groups in total. The Morgan fingerprint density at radius 1 is 1.10 bits per heavy atom. The molecule has 0 saturated heterocycles. The van der Waals surface area contributed by atoms with Gasteiger partial charge >= 0.3 is 0 Å². The van der Waals surface area contributed by atoms with Crippen LogP contribution in [-0.4, -0.2) is 22.3 Å². The minimum Gasteiger partial charge on any atom is -0.481 e. The average molecular weight is 266 g/mol. The Morgan fingerprint density at radius 3 is 2.65 bits per heavy atom. The summed E-state index contributed by atoms with van der Waals surface area (Å²) in [5.41, 5.74) is 9.61. The summed E-state index contributed by atoms with van der Waals surface area (Å²) in [4.78, 5) is 4.10. The van der Waals surface area contributed by atoms with E-state index in [1.165, 1.54) is 0 Å². The molecule has 0 radical (unpaired) electrons. The summed E-state index contributed by atoms with van der Waals surface area (Å²) in [5.74, 6) is 1.09. The molecule has 0 amide bonds. The van der Waals surface area contributed by atoms with Crippen LogP contribution in [0.1, 0.15) is 0 Å². The summed E-state index contributed by atoms with van der Waals surface area (Å²) in [6.07, 6.45) is 1.69. The molecule has 20 heavy (non-hydrogen) atoms. The third-order valence-corrected chi connectivity index (χ3v) is 3.07. The van der Waals surface area contributed by atoms with Crippen molar-refractivity contribution in [3.8, 4) is 28.3 Å². The molecule has 100 valence electrons. The van der Waals surface area contributed by atoms with E-state index in [0.717, 1.165) is 22.4 Å². The molecule has 3 aromatic rings. The normalized spacial score (nSPS) is 10.4. The van der Waals surface area contributed by atoms with Gasteiger partial charge in [0.25, 0.3) is 0 Å². The monoisotopic (exact) mass is 266 g/mol. The van der Waals surface area contributed by atoms with Crippen LogP contribution in [0, 0.1) is 0 Å². The molecule has 0 aliphatic rings. The molecule has 0 atom stereocenters. The van der Waals surface area contributed by atoms with Crippen LogP contribution in [0.2, 0.25) is 0 Å². The number of nitrogens with one attached hydrogen (secondary N) is 1. The van der Waals surface area contributed by atoms with E-state index < -0.39 is 0 Å². The van der Waals surface area contributed by atoms with Crippen LogP contribution in [0.4, 0.5) is 5.82 Å². The van der Waals surface area contributed by atoms with Gasteiger partial charge in [0.05, 0.1) is 12.7 Å². The number of ether oxygens (including phenoxy) is 1. The van der Waals surface area contributed by atoms with Gasteiger partial charge in [0, 0.05) is 17.8 Å². The van der Waals surface area contributed by atoms with Crippen LogP contribution in [0.3, 0.4) is 0 Å². The van der Waals surface area contributed by atoms with Crippen LogP contribution < -0.4 is 10.5 Å². The van der Waals surface area contributed by atoms with Gasteiger partial charge in [-0.15, -0.1) is 0 Å². The first-order valence-electron chi connectivity index (χ1n) is 6.19. The molecule has 2 heterocycles. The molecule has 0 aliphatic carbocycles. The summed E-state index contributed by atoms with van der Waals surface area (Å²) >= 11 is 0. The van der Waals surface area contributed by atoms with Gasteiger partial charge in [0.1, 0.15) is 11.5 Å². The van der Waals surface area contributed by atoms with E-state index >= 15 is 0 Å². The second kappa shape index (κ2) is 5.05. The molecule has 0 unspecified atom stereocenters. The van der Waals surface area contributed by atoms with Gasteiger partial charge in [-0.25, -0.2) is 4.98 Å². The number of hydrogen-bond donors (Lipinski definition) is 2. The van der Waals surface area contributed by atoms with Gasteiger partial charge in [-0.1, -0.05) is 30.3 Å². The highest BCUT2D eigenvalue weighted by Gasteiger charge is 2.15. The summed E-state index contributed by atoms with van der Waals surface area (Å²) in [6.45, 7) is 0. The highest BCUT2D eigenvalue weighted by atomic mass is 16.5. The first kappa shape index (κ1) is 12.2. The lowest BCUT2D eigenvalue weighted by Gasteiger charge is -2.05. The van der Waals surface area contributed by atoms with Crippen molar-refractivity contribution in [3.05, 3.63) is 48.7 Å². The Hall–Kier alpha value is -2.82. The Labute approximate surface area is 116 Å². The highest BCUT2D eigenvalue weighted by Crippen LogP contribution is 2.34. The molecular formula is C15H14N4O. The number of anilines is 1. The van der Waals surface area contributed by atoms with Crippen molar-refractivity contribution in [2.45, 2.75) is 0 Å². The number of aromatic nitrogens is 3. The SMILES string of the molecule is COc1cc(-c2n[nH]c(N)c2-c2ccccc2)ccn1. The van der Waals surface area contributed by atoms with Crippen LogP contribution in [0.15, 0.2) is 48.7 Å². The van der Waals surface area contributed by atoms with E-state index in [4.69, 9.17) is 10.5 Å². The van der Waals surface area contributed by atoms with E-state index in [1.54, 1.807) is 13.3 Å². The summed E-state index contributed by atoms with van der Waals surface area (Å²) in [7, 11) is 1.59. The van der Waals surface area contributed by atoms with Crippen LogP contribution in [-0.2, 0) is 0 Å². The number of methoxy groups -OCH3 is 1. The first-order chi connectivity index (χ1) is 9.79. The summed E-state index contributed by atoms with van der Waals surface area (Å²) in [5, 5.41) is 7.14. The zero-order valence-electron chi connectivity index (χ0n) is 11.0. The van der Waals surface area contributed by atoms with E-state index in [1.807, 2.05) is 42.5 Å². The smallest absolute Gasteiger partial charge is 0.213 e. The van der Waals surface area contributed by atoms with Gasteiger partial charge in [-0.05, 0) is 11.6 Å². The Bertz CT molecular complexity index is 722. The number of aromatic amines is 1. The van der Waals surface area contributed by atoms with Gasteiger partial charge in [-0.2, -0.15) is 5.10 Å². The standard InChI is InChI=1S/C15H14N4O/c1-20-12-9-11(7-8-17-12)14-13(15(16)19-18-14)10-5-3-2-4-6-10/h2-9H,1H3,(H3,16,18,19). The van der Waals surface area contributed by atoms with E-state index in [2.05, 4.69) is 15.2 Å². The molecule has 0 aliphatic heterocycles. The van der Waals surface area contributed by atoms with E-state index in [-0.39, 0.29) is 0 Å². The second-order valence-electron chi connectivity index (χ2n) is 4.31. The Morgan fingerprint density at radius 2 is 1.90 bits per heavy atom. The summed E-state index contributed by atoms with van der Waals surface area (Å²) < 4.78 is 5.15. The van der Waals surface area contributed by atoms with Crippen molar-refractivity contribution < 1.29 is 4.74 Å². The van der Waals surface area contributed by atoms with Crippen molar-refractivity contribution >= 4 is 5.82 Å². The lowest BCUT2D eigenvalue weighted by Crippen LogP contribution is -1.90. The molecule has 1 aromatic carbocycles. The molecule has 3 rings (SSSR count). The van der Waals surface area contributed by atoms with Gasteiger partial charge in [0.2, 0.25) is 5.88 Å². The number of nitrogens with two attached hydrogens (primary N) is 1. The maximum atomic E-state index is 6.02. The van der Waals surface area contributed by atoms with Crippen molar-refractivity contribution in [2.75, 3.05) is 12.8 Å². The van der Waals surface area contributed by atoms with Gasteiger partial charge in [0.15, 0.2) is 0 Å². The Kier molecular flexibility index (Phi) is 3.09. The maximum Gasteiger partial charge on any atom is 0.213 e. The maximum absolute atomic E-state index is 6.02. The quantitative estimate of drug-likeness (QED) is 0.764. The van der Waals surface area contributed by atoms with Crippen LogP contribution in [0.5, 0.6) is 5.88 Å². The predicted octanol–water partition coefficient (Wildman–Crippen LogP) is 2.73. The zero-order valence-corrected chi connectivity index (χ0v) is 11.0. The molecule has 0 saturated carbocycles. The molecule has 5 heteroatoms. The first-order valence-corrected chi connectivity index (χ1v) is 6.19. The number of pyridine rings is 1. The minimum atomic E-state index is 0.543. The average Bonchev–Trinajstić information content (AvgIpc) is 2.90. The number of nitrogens with zero attached hydrogens (tertiary/aromatic N) is 2. The largest absolute Gasteiger partial charge is 0.481 e. The van der Waals surface area contributed by atoms with E-state index in [9.17, 15) is 0 Å². The van der Waals surface area contributed by atoms with Crippen molar-refractivity contribution in [3.63, 3.8) is 0 Å². The van der Waals surface area contributed by atoms with Crippen molar-refractivity contribution in [1.29, 1.82) is 0 Å². The fraction of sp³-hybridized carbons (Fsp3) is 0.0667. The number of rotatable bonds is 3. The number of nitrogen functional groups attached to an aromatic ring is 1. The molecule has 0 spiro atoms. The van der Waals surface area contributed by atoms with Crippen LogP contribution in [0.25, 0.3) is 22.4 Å². The molecule has 0 bridgehead atoms. The van der Waals surface area contributed by atoms with Gasteiger partial charge in [-0.3, -0.25) is 5.10 Å². The zero-order chi connectivity index (χ0) is 13.9. The molecular weight excluding hydrogens is 252 g/mol.